The number of alkyl halides is 3. The summed E-state index contributed by atoms with van der Waals surface area (Å²) in [5, 5.41) is 13.9. The molecule has 0 unspecified atom stereocenters. The van der Waals surface area contributed by atoms with Crippen molar-refractivity contribution in [2.45, 2.75) is 24.4 Å². The van der Waals surface area contributed by atoms with E-state index in [0.717, 1.165) is 23.9 Å². The summed E-state index contributed by atoms with van der Waals surface area (Å²) in [4.78, 5) is 0. The number of para-hydroxylation sites is 1. The molecule has 1 saturated heterocycles. The molecule has 0 amide bonds. The van der Waals surface area contributed by atoms with Crippen molar-refractivity contribution in [3.05, 3.63) is 58.6 Å². The summed E-state index contributed by atoms with van der Waals surface area (Å²) >= 11 is 6.07. The van der Waals surface area contributed by atoms with Crippen LogP contribution in [0.1, 0.15) is 24.0 Å². The van der Waals surface area contributed by atoms with E-state index in [1.54, 1.807) is 6.07 Å². The fourth-order valence-electron chi connectivity index (χ4n) is 4.46. The van der Waals surface area contributed by atoms with Gasteiger partial charge in [0.15, 0.2) is 5.69 Å². The molecule has 0 atom stereocenters. The van der Waals surface area contributed by atoms with Crippen molar-refractivity contribution in [3.63, 3.8) is 0 Å². The summed E-state index contributed by atoms with van der Waals surface area (Å²) in [5.41, 5.74) is 1.29. The van der Waals surface area contributed by atoms with Gasteiger partial charge in [-0.2, -0.15) is 17.7 Å². The summed E-state index contributed by atoms with van der Waals surface area (Å²) in [5.74, 6) is 0. The number of nitrogens with one attached hydrogen (secondary N) is 1. The first kappa shape index (κ1) is 18.1. The molecule has 3 nitrogen and oxygen atoms in total. The highest BCUT2D eigenvalue weighted by Crippen LogP contribution is 2.48. The van der Waals surface area contributed by atoms with Gasteiger partial charge >= 0.3 is 12.4 Å². The highest BCUT2D eigenvalue weighted by Gasteiger charge is 2.51. The third-order valence-corrected chi connectivity index (χ3v) is 6.21. The zero-order valence-electron chi connectivity index (χ0n) is 14.5. The lowest BCUT2D eigenvalue weighted by atomic mass is 9.73. The summed E-state index contributed by atoms with van der Waals surface area (Å²) in [6.07, 6.45) is -1.03. The lowest BCUT2D eigenvalue weighted by Gasteiger charge is -2.42. The number of rotatable bonds is 1. The average molecular weight is 393 g/mol. The quantitative estimate of drug-likeness (QED) is 0.527. The van der Waals surface area contributed by atoms with Gasteiger partial charge in [0, 0.05) is 41.6 Å². The Balaban J connectivity index is 1.69. The first-order valence-corrected chi connectivity index (χ1v) is 9.17. The number of quaternary nitrogens is 1. The van der Waals surface area contributed by atoms with Gasteiger partial charge < -0.3 is 5.32 Å². The van der Waals surface area contributed by atoms with Crippen LogP contribution >= 0.6 is 11.6 Å². The van der Waals surface area contributed by atoms with Crippen molar-refractivity contribution in [2.75, 3.05) is 25.0 Å². The van der Waals surface area contributed by atoms with Crippen molar-refractivity contribution >= 4 is 23.0 Å². The van der Waals surface area contributed by atoms with Crippen LogP contribution < -0.4 is 9.80 Å². The Kier molecular flexibility index (Phi) is 4.13. The minimum absolute atomic E-state index is 0.0460. The minimum Gasteiger partial charge on any atom is -0.384 e. The van der Waals surface area contributed by atoms with Crippen LogP contribution in [-0.4, -0.2) is 19.6 Å². The molecule has 0 aliphatic carbocycles. The van der Waals surface area contributed by atoms with Crippen LogP contribution in [0.2, 0.25) is 5.02 Å². The number of likely N-dealkylation sites (tertiary alicyclic amines) is 1. The smallest absolute Gasteiger partial charge is 0.384 e. The van der Waals surface area contributed by atoms with E-state index in [2.05, 4.69) is 11.5 Å². The molecule has 1 spiro atoms. The van der Waals surface area contributed by atoms with E-state index in [0.29, 0.717) is 31.0 Å². The number of anilines is 1. The summed E-state index contributed by atoms with van der Waals surface area (Å²) in [6, 6.07) is 11.2. The number of halogens is 4. The van der Waals surface area contributed by atoms with Gasteiger partial charge in [0.1, 0.15) is 5.56 Å². The van der Waals surface area contributed by atoms with Crippen molar-refractivity contribution < 1.29 is 13.2 Å². The number of hydrogen-bond acceptors (Lipinski definition) is 2. The largest absolute Gasteiger partial charge is 0.422 e. The monoisotopic (exact) mass is 392 g/mol. The highest BCUT2D eigenvalue weighted by atomic mass is 35.5. The van der Waals surface area contributed by atoms with Crippen LogP contribution in [0.25, 0.3) is 0 Å². The van der Waals surface area contributed by atoms with E-state index < -0.39 is 11.7 Å². The second-order valence-corrected chi connectivity index (χ2v) is 7.79. The molecule has 2 heterocycles. The van der Waals surface area contributed by atoms with E-state index in [1.807, 2.05) is 18.2 Å². The normalized spacial score (nSPS) is 27.1. The average Bonchev–Trinajstić information content (AvgIpc) is 3.00. The number of hydrogen-bond donors (Lipinski definition) is 1. The first-order valence-electron chi connectivity index (χ1n) is 8.79. The van der Waals surface area contributed by atoms with Gasteiger partial charge in [-0.3, -0.25) is 0 Å². The van der Waals surface area contributed by atoms with Gasteiger partial charge in [-0.05, 0) is 23.8 Å². The van der Waals surface area contributed by atoms with Gasteiger partial charge in [-0.15, -0.1) is 5.26 Å². The van der Waals surface area contributed by atoms with Crippen molar-refractivity contribution in [2.24, 2.45) is 0 Å². The maximum absolute atomic E-state index is 13.5. The maximum Gasteiger partial charge on any atom is 0.422 e. The molecule has 0 bridgehead atoms. The zero-order chi connectivity index (χ0) is 19.3. The van der Waals surface area contributed by atoms with Gasteiger partial charge in [0.2, 0.25) is 0 Å². The van der Waals surface area contributed by atoms with E-state index >= 15 is 0 Å². The molecule has 2 aliphatic heterocycles. The second-order valence-electron chi connectivity index (χ2n) is 7.35. The van der Waals surface area contributed by atoms with Crippen molar-refractivity contribution in [1.82, 2.24) is 4.48 Å². The van der Waals surface area contributed by atoms with Gasteiger partial charge in [-0.25, -0.2) is 0 Å². The Morgan fingerprint density at radius 2 is 1.81 bits per heavy atom. The standard InChI is InChI=1S/C20H18ClF3N3/c21-14-5-6-15-17(11-14)26-12-19(15)7-9-27(13-25,10-8-19)18-4-2-1-3-16(18)20(22,23)24/h1-6,11,26H,7-10,12H2/q+1. The fourth-order valence-corrected chi connectivity index (χ4v) is 4.63. The Morgan fingerprint density at radius 1 is 1.11 bits per heavy atom. The number of piperidine rings is 1. The molecular weight excluding hydrogens is 375 g/mol. The Hall–Kier alpha value is -2.23. The van der Waals surface area contributed by atoms with E-state index in [4.69, 9.17) is 11.6 Å². The number of nitriles is 1. The zero-order valence-corrected chi connectivity index (χ0v) is 15.2. The SMILES string of the molecule is N#C[N+]1(c2ccccc2C(F)(F)F)CCC2(CC1)CNc1cc(Cl)ccc12. The van der Waals surface area contributed by atoms with E-state index in [1.165, 1.54) is 12.1 Å². The van der Waals surface area contributed by atoms with Gasteiger partial charge in [-0.1, -0.05) is 29.8 Å². The predicted octanol–water partition coefficient (Wildman–Crippen LogP) is 5.30. The third kappa shape index (κ3) is 2.86. The molecule has 27 heavy (non-hydrogen) atoms. The molecule has 7 heteroatoms. The van der Waals surface area contributed by atoms with E-state index in [-0.39, 0.29) is 15.6 Å². The summed E-state index contributed by atoms with van der Waals surface area (Å²) in [7, 11) is 0. The maximum atomic E-state index is 13.5. The number of nitrogens with zero attached hydrogens (tertiary/aromatic N) is 2. The molecule has 2 aromatic rings. The highest BCUT2D eigenvalue weighted by molar-refractivity contribution is 6.30. The summed E-state index contributed by atoms with van der Waals surface area (Å²) in [6.45, 7) is 1.40. The van der Waals surface area contributed by atoms with Crippen LogP contribution in [0.4, 0.5) is 24.5 Å². The van der Waals surface area contributed by atoms with Crippen LogP contribution in [0, 0.1) is 11.5 Å². The predicted molar refractivity (Wildman–Crippen MR) is 99.4 cm³/mol. The van der Waals surface area contributed by atoms with Crippen molar-refractivity contribution in [1.29, 1.82) is 5.26 Å². The minimum atomic E-state index is -4.48. The van der Waals surface area contributed by atoms with Crippen LogP contribution in [0.5, 0.6) is 0 Å². The Labute approximate surface area is 160 Å². The van der Waals surface area contributed by atoms with Crippen LogP contribution in [-0.2, 0) is 11.6 Å². The molecule has 1 fully saturated rings. The fraction of sp³-hybridized carbons (Fsp3) is 0.350. The molecule has 140 valence electrons. The lowest BCUT2D eigenvalue weighted by Crippen LogP contribution is -2.55. The topological polar surface area (TPSA) is 35.8 Å². The Morgan fingerprint density at radius 3 is 2.48 bits per heavy atom. The first-order chi connectivity index (χ1) is 12.8. The van der Waals surface area contributed by atoms with Crippen molar-refractivity contribution in [3.8, 4) is 6.19 Å². The Bertz CT molecular complexity index is 925. The van der Waals surface area contributed by atoms with Crippen LogP contribution in [0.3, 0.4) is 0 Å². The van der Waals surface area contributed by atoms with Gasteiger partial charge in [0.25, 0.3) is 0 Å². The molecule has 1 N–H and O–H groups in total. The molecule has 2 aliphatic rings. The molecule has 0 aromatic heterocycles. The van der Waals surface area contributed by atoms with E-state index in [9.17, 15) is 18.4 Å². The summed E-state index contributed by atoms with van der Waals surface area (Å²) < 4.78 is 40.2. The molecular formula is C20H18ClF3N3+. The molecule has 0 radical (unpaired) electrons. The lowest BCUT2D eigenvalue weighted by molar-refractivity contribution is -0.137. The molecule has 0 saturated carbocycles. The van der Waals surface area contributed by atoms with Gasteiger partial charge in [0.05, 0.1) is 13.1 Å². The second kappa shape index (κ2) is 6.15. The molecule has 2 aromatic carbocycles. The van der Waals surface area contributed by atoms with Crippen LogP contribution in [0.15, 0.2) is 42.5 Å². The molecule has 4 rings (SSSR count). The number of fused-ring (bicyclic) bond motifs is 2. The third-order valence-electron chi connectivity index (χ3n) is 5.98. The number of benzene rings is 2.